The lowest BCUT2D eigenvalue weighted by Gasteiger charge is -2.05. The van der Waals surface area contributed by atoms with E-state index in [0.717, 1.165) is 11.0 Å². The van der Waals surface area contributed by atoms with Crippen LogP contribution in [-0.4, -0.2) is 29.5 Å². The summed E-state index contributed by atoms with van der Waals surface area (Å²) in [5.41, 5.74) is 8.95. The molecule has 0 fully saturated rings. The Morgan fingerprint density at radius 2 is 2.05 bits per heavy atom. The van der Waals surface area contributed by atoms with Crippen LogP contribution in [-0.2, 0) is 7.05 Å². The van der Waals surface area contributed by atoms with E-state index in [9.17, 15) is 0 Å². The number of anilines is 3. The molecular formula is C13H12N8. The Morgan fingerprint density at radius 1 is 1.19 bits per heavy atom. The van der Waals surface area contributed by atoms with E-state index in [1.807, 2.05) is 35.9 Å². The van der Waals surface area contributed by atoms with Crippen molar-refractivity contribution in [2.45, 2.75) is 0 Å². The topological polar surface area (TPSA) is 110 Å². The van der Waals surface area contributed by atoms with Gasteiger partial charge in [0.05, 0.1) is 17.4 Å². The van der Waals surface area contributed by atoms with Crippen LogP contribution in [0.15, 0.2) is 30.6 Å². The van der Waals surface area contributed by atoms with Crippen molar-refractivity contribution in [2.75, 3.05) is 11.1 Å². The van der Waals surface area contributed by atoms with Gasteiger partial charge in [-0.05, 0) is 12.1 Å². The number of aryl methyl sites for hydroxylation is 1. The van der Waals surface area contributed by atoms with Crippen molar-refractivity contribution in [3.63, 3.8) is 0 Å². The third kappa shape index (κ3) is 1.76. The molecule has 1 aromatic carbocycles. The number of aromatic amines is 1. The molecule has 3 heterocycles. The van der Waals surface area contributed by atoms with E-state index in [0.29, 0.717) is 28.9 Å². The Kier molecular flexibility index (Phi) is 2.31. The predicted molar refractivity (Wildman–Crippen MR) is 80.1 cm³/mol. The van der Waals surface area contributed by atoms with Gasteiger partial charge in [0.25, 0.3) is 0 Å². The lowest BCUT2D eigenvalue weighted by molar-refractivity contribution is 0.951. The number of hydrogen-bond donors (Lipinski definition) is 3. The molecule has 8 heteroatoms. The van der Waals surface area contributed by atoms with Crippen molar-refractivity contribution in [1.82, 2.24) is 29.5 Å². The standard InChI is InChI=1S/C13H12N8/c1-21-8-5-3-2-4-7(8)17-13(21)20-12-18-10(14)9-11(19-12)16-6-15-9/h2-6H,1H3,(H4,14,15,16,17,18,19,20). The van der Waals surface area contributed by atoms with Gasteiger partial charge < -0.3 is 15.3 Å². The van der Waals surface area contributed by atoms with Crippen LogP contribution < -0.4 is 11.1 Å². The number of nitrogens with one attached hydrogen (secondary N) is 2. The first-order valence-corrected chi connectivity index (χ1v) is 6.37. The molecule has 0 bridgehead atoms. The molecule has 0 aliphatic heterocycles. The number of para-hydroxylation sites is 2. The molecule has 21 heavy (non-hydrogen) atoms. The van der Waals surface area contributed by atoms with Gasteiger partial charge in [-0.15, -0.1) is 0 Å². The van der Waals surface area contributed by atoms with Crippen LogP contribution >= 0.6 is 0 Å². The van der Waals surface area contributed by atoms with Gasteiger partial charge in [-0.25, -0.2) is 9.97 Å². The minimum atomic E-state index is 0.346. The number of rotatable bonds is 2. The summed E-state index contributed by atoms with van der Waals surface area (Å²) in [5.74, 6) is 1.36. The molecular weight excluding hydrogens is 268 g/mol. The average molecular weight is 280 g/mol. The lowest BCUT2D eigenvalue weighted by Crippen LogP contribution is -2.05. The highest BCUT2D eigenvalue weighted by molar-refractivity contribution is 5.83. The van der Waals surface area contributed by atoms with Gasteiger partial charge in [0, 0.05) is 7.05 Å². The number of H-pyrrole nitrogens is 1. The Balaban J connectivity index is 1.80. The summed E-state index contributed by atoms with van der Waals surface area (Å²) in [6.07, 6.45) is 1.54. The largest absolute Gasteiger partial charge is 0.382 e. The highest BCUT2D eigenvalue weighted by atomic mass is 15.3. The van der Waals surface area contributed by atoms with Crippen LogP contribution in [0, 0.1) is 0 Å². The van der Waals surface area contributed by atoms with Gasteiger partial charge in [0.2, 0.25) is 11.9 Å². The average Bonchev–Trinajstić information content (AvgIpc) is 3.06. The molecule has 0 saturated heterocycles. The molecule has 0 aliphatic rings. The van der Waals surface area contributed by atoms with E-state index in [4.69, 9.17) is 5.73 Å². The summed E-state index contributed by atoms with van der Waals surface area (Å²) in [5, 5.41) is 3.08. The number of nitrogens with two attached hydrogens (primary N) is 1. The Morgan fingerprint density at radius 3 is 2.90 bits per heavy atom. The van der Waals surface area contributed by atoms with E-state index in [1.54, 1.807) is 0 Å². The molecule has 4 aromatic rings. The first-order valence-electron chi connectivity index (χ1n) is 6.37. The monoisotopic (exact) mass is 280 g/mol. The minimum Gasteiger partial charge on any atom is -0.382 e. The van der Waals surface area contributed by atoms with Crippen LogP contribution in [0.25, 0.3) is 22.2 Å². The van der Waals surface area contributed by atoms with E-state index in [2.05, 4.69) is 30.2 Å². The third-order valence-corrected chi connectivity index (χ3v) is 3.32. The zero-order valence-corrected chi connectivity index (χ0v) is 11.2. The number of aromatic nitrogens is 6. The summed E-state index contributed by atoms with van der Waals surface area (Å²) in [7, 11) is 1.92. The van der Waals surface area contributed by atoms with Crippen LogP contribution in [0.4, 0.5) is 17.7 Å². The molecule has 0 unspecified atom stereocenters. The van der Waals surface area contributed by atoms with Crippen molar-refractivity contribution in [3.05, 3.63) is 30.6 Å². The number of hydrogen-bond acceptors (Lipinski definition) is 6. The number of nitrogens with zero attached hydrogens (tertiary/aromatic N) is 5. The highest BCUT2D eigenvalue weighted by Crippen LogP contribution is 2.21. The Labute approximate surface area is 119 Å². The molecule has 3 aromatic heterocycles. The van der Waals surface area contributed by atoms with Gasteiger partial charge in [-0.1, -0.05) is 12.1 Å². The molecule has 0 spiro atoms. The number of benzene rings is 1. The summed E-state index contributed by atoms with van der Waals surface area (Å²) in [4.78, 5) is 20.0. The fourth-order valence-electron chi connectivity index (χ4n) is 2.27. The van der Waals surface area contributed by atoms with Gasteiger partial charge >= 0.3 is 0 Å². The lowest BCUT2D eigenvalue weighted by atomic mass is 10.3. The fraction of sp³-hybridized carbons (Fsp3) is 0.0769. The molecule has 0 saturated carbocycles. The molecule has 8 nitrogen and oxygen atoms in total. The first-order chi connectivity index (χ1) is 10.2. The van der Waals surface area contributed by atoms with Crippen molar-refractivity contribution in [1.29, 1.82) is 0 Å². The third-order valence-electron chi connectivity index (χ3n) is 3.32. The highest BCUT2D eigenvalue weighted by Gasteiger charge is 2.11. The van der Waals surface area contributed by atoms with E-state index < -0.39 is 0 Å². The number of imidazole rings is 2. The molecule has 4 N–H and O–H groups in total. The predicted octanol–water partition coefficient (Wildman–Crippen LogP) is 1.57. The van der Waals surface area contributed by atoms with Crippen LogP contribution in [0.2, 0.25) is 0 Å². The van der Waals surface area contributed by atoms with Crippen molar-refractivity contribution in [3.8, 4) is 0 Å². The second-order valence-electron chi connectivity index (χ2n) is 4.64. The number of fused-ring (bicyclic) bond motifs is 2. The van der Waals surface area contributed by atoms with Crippen molar-refractivity contribution >= 4 is 39.9 Å². The van der Waals surface area contributed by atoms with E-state index >= 15 is 0 Å². The second-order valence-corrected chi connectivity index (χ2v) is 4.64. The van der Waals surface area contributed by atoms with E-state index in [1.165, 1.54) is 6.33 Å². The molecule has 104 valence electrons. The van der Waals surface area contributed by atoms with Crippen LogP contribution in [0.1, 0.15) is 0 Å². The zero-order valence-electron chi connectivity index (χ0n) is 11.2. The Hall–Kier alpha value is -3.16. The minimum absolute atomic E-state index is 0.346. The van der Waals surface area contributed by atoms with Crippen LogP contribution in [0.5, 0.6) is 0 Å². The van der Waals surface area contributed by atoms with Gasteiger partial charge in [-0.2, -0.15) is 9.97 Å². The maximum absolute atomic E-state index is 5.88. The maximum Gasteiger partial charge on any atom is 0.233 e. The van der Waals surface area contributed by atoms with Gasteiger partial charge in [0.15, 0.2) is 11.5 Å². The zero-order chi connectivity index (χ0) is 14.4. The van der Waals surface area contributed by atoms with E-state index in [-0.39, 0.29) is 0 Å². The molecule has 0 amide bonds. The molecule has 0 aliphatic carbocycles. The van der Waals surface area contributed by atoms with Crippen molar-refractivity contribution in [2.24, 2.45) is 7.05 Å². The smallest absolute Gasteiger partial charge is 0.233 e. The first kappa shape index (κ1) is 11.6. The molecule has 0 atom stereocenters. The van der Waals surface area contributed by atoms with Crippen LogP contribution in [0.3, 0.4) is 0 Å². The summed E-state index contributed by atoms with van der Waals surface area (Å²) >= 11 is 0. The van der Waals surface area contributed by atoms with Crippen molar-refractivity contribution < 1.29 is 0 Å². The molecule has 4 rings (SSSR count). The molecule has 0 radical (unpaired) electrons. The quantitative estimate of drug-likeness (QED) is 0.514. The summed E-state index contributed by atoms with van der Waals surface area (Å²) in [6, 6.07) is 7.87. The van der Waals surface area contributed by atoms with Gasteiger partial charge in [-0.3, -0.25) is 5.32 Å². The summed E-state index contributed by atoms with van der Waals surface area (Å²) < 4.78 is 1.93. The van der Waals surface area contributed by atoms with Gasteiger partial charge in [0.1, 0.15) is 5.52 Å². The normalized spacial score (nSPS) is 11.3. The maximum atomic E-state index is 5.88. The Bertz CT molecular complexity index is 951. The number of nitrogen functional groups attached to an aromatic ring is 1. The SMILES string of the molecule is Cn1c(Nc2nc(N)c3[nH]cnc3n2)nc2ccccc21. The fourth-order valence-corrected chi connectivity index (χ4v) is 2.27. The summed E-state index contributed by atoms with van der Waals surface area (Å²) in [6.45, 7) is 0. The second kappa shape index (κ2) is 4.17.